The first kappa shape index (κ1) is 56.6. The van der Waals surface area contributed by atoms with E-state index in [4.69, 9.17) is 27.8 Å². The molecule has 0 spiro atoms. The van der Waals surface area contributed by atoms with Gasteiger partial charge >= 0.3 is 23.9 Å². The van der Waals surface area contributed by atoms with Crippen molar-refractivity contribution in [1.82, 2.24) is 4.58 Å². The van der Waals surface area contributed by atoms with E-state index in [1.54, 1.807) is 24.3 Å². The van der Waals surface area contributed by atoms with Crippen molar-refractivity contribution in [3.05, 3.63) is 142 Å². The minimum absolute atomic E-state index is 0.126. The number of ether oxygens (including phenoxy) is 4. The number of hydrogen-bond acceptors (Lipinski definition) is 15. The average molecular weight is 1090 g/mol. The van der Waals surface area contributed by atoms with Gasteiger partial charge in [-0.2, -0.15) is 0 Å². The summed E-state index contributed by atoms with van der Waals surface area (Å²) in [6.45, 7) is 19.4. The number of esters is 4. The maximum absolute atomic E-state index is 14.1. The largest absolute Gasteiger partial charge is 0.465 e. The molecule has 2 heterocycles. The fraction of sp³-hybridized carbons (Fsp3) is 0.323. The third-order valence-electron chi connectivity index (χ3n) is 13.8. The second-order valence-corrected chi connectivity index (χ2v) is 20.7. The van der Waals surface area contributed by atoms with Crippen molar-refractivity contribution in [1.29, 1.82) is 0 Å². The summed E-state index contributed by atoms with van der Waals surface area (Å²) in [4.78, 5) is 63.9. The lowest BCUT2D eigenvalue weighted by molar-refractivity contribution is 0.0521. The monoisotopic (exact) mass is 1090 g/mol. The van der Waals surface area contributed by atoms with Crippen molar-refractivity contribution in [2.24, 2.45) is 4.99 Å². The molecule has 0 amide bonds. The standard InChI is InChI=1S/C62H67N4O10S2/c1-10-63-39-25-27-45-53(33-39)75-55-37-51(65(13-4)14-5)47(59(67)71-8)35-49(55)57(45)41-21-17-19-23-43(41)61(69)73-29-31-77-78-32-30-74-62(70)44-24-20-18-22-42(44)58-46-28-26-40(64(11-2)12-3)34-54(46)76-56-38-52(66(15-6)16-7)48(36-50(56)58)60(68)72-9/h17-28,33-38H,10-16,29-32H2,1-9H3/q+1. The number of nitrogens with zero attached hydrogens (tertiary/aromatic N) is 4. The van der Waals surface area contributed by atoms with Gasteiger partial charge in [0.2, 0.25) is 5.36 Å². The Balaban J connectivity index is 0.993. The molecule has 8 rings (SSSR count). The van der Waals surface area contributed by atoms with Gasteiger partial charge < -0.3 is 37.6 Å². The zero-order valence-corrected chi connectivity index (χ0v) is 47.5. The summed E-state index contributed by atoms with van der Waals surface area (Å²) in [5.74, 6) is 0.140. The van der Waals surface area contributed by atoms with Crippen molar-refractivity contribution in [3.63, 3.8) is 0 Å². The number of benzene rings is 6. The van der Waals surface area contributed by atoms with Crippen molar-refractivity contribution < 1.29 is 47.0 Å². The van der Waals surface area contributed by atoms with Gasteiger partial charge in [0.1, 0.15) is 54.6 Å². The first-order chi connectivity index (χ1) is 38.0. The van der Waals surface area contributed by atoms with E-state index >= 15 is 0 Å². The third kappa shape index (κ3) is 11.8. The Kier molecular flexibility index (Phi) is 19.0. The molecule has 2 aliphatic carbocycles. The van der Waals surface area contributed by atoms with Crippen LogP contribution < -0.4 is 25.1 Å². The lowest BCUT2D eigenvalue weighted by atomic mass is 9.89. The van der Waals surface area contributed by atoms with Gasteiger partial charge in [-0.25, -0.2) is 23.8 Å². The number of carbonyl (C=O) groups excluding carboxylic acids is 4. The maximum Gasteiger partial charge on any atom is 0.344 e. The first-order valence-electron chi connectivity index (χ1n) is 26.6. The fourth-order valence-electron chi connectivity index (χ4n) is 10.0. The van der Waals surface area contributed by atoms with Gasteiger partial charge in [0.05, 0.1) is 48.0 Å². The van der Waals surface area contributed by atoms with Crippen LogP contribution in [0.5, 0.6) is 0 Å². The molecule has 0 saturated heterocycles. The van der Waals surface area contributed by atoms with Gasteiger partial charge in [0.15, 0.2) is 0 Å². The number of hydrogen-bond donors (Lipinski definition) is 0. The number of carbonyl (C=O) groups is 4. The highest BCUT2D eigenvalue weighted by Crippen LogP contribution is 2.45. The Morgan fingerprint density at radius 3 is 1.64 bits per heavy atom. The van der Waals surface area contributed by atoms with Crippen LogP contribution in [-0.4, -0.2) is 109 Å². The minimum atomic E-state index is -0.501. The van der Waals surface area contributed by atoms with Crippen LogP contribution in [0, 0.1) is 0 Å². The first-order valence-corrected chi connectivity index (χ1v) is 29.1. The van der Waals surface area contributed by atoms with E-state index < -0.39 is 23.9 Å². The molecule has 0 saturated carbocycles. The van der Waals surface area contributed by atoms with Gasteiger partial charge in [-0.05, 0) is 108 Å². The molecule has 2 aliphatic heterocycles. The van der Waals surface area contributed by atoms with Gasteiger partial charge in [-0.15, -0.1) is 0 Å². The number of fused-ring (bicyclic) bond motifs is 4. The van der Waals surface area contributed by atoms with Crippen LogP contribution in [0.2, 0.25) is 0 Å². The molecule has 0 aromatic heterocycles. The molecule has 0 N–H and O–H groups in total. The van der Waals surface area contributed by atoms with Gasteiger partial charge in [0.25, 0.3) is 0 Å². The molecular formula is C62H67N4O10S2+. The molecule has 16 heteroatoms. The number of anilines is 2. The van der Waals surface area contributed by atoms with Crippen LogP contribution in [0.1, 0.15) is 89.9 Å². The van der Waals surface area contributed by atoms with Gasteiger partial charge in [-0.1, -0.05) is 58.0 Å². The molecule has 4 aromatic rings. The summed E-state index contributed by atoms with van der Waals surface area (Å²) in [5, 5.41) is 2.87. The van der Waals surface area contributed by atoms with E-state index in [0.717, 1.165) is 40.6 Å². The summed E-state index contributed by atoms with van der Waals surface area (Å²) in [5.41, 5.74) is 8.45. The Bertz CT molecular complexity index is 3570. The second kappa shape index (κ2) is 26.2. The second-order valence-electron chi connectivity index (χ2n) is 18.0. The van der Waals surface area contributed by atoms with E-state index in [1.165, 1.54) is 35.8 Å². The normalized spacial score (nSPS) is 11.6. The quantitative estimate of drug-likeness (QED) is 0.0158. The van der Waals surface area contributed by atoms with Crippen molar-refractivity contribution >= 4 is 78.8 Å². The van der Waals surface area contributed by atoms with Gasteiger partial charge in [-0.3, -0.25) is 4.99 Å². The lowest BCUT2D eigenvalue weighted by Crippen LogP contribution is -2.34. The highest BCUT2D eigenvalue weighted by molar-refractivity contribution is 8.76. The van der Waals surface area contributed by atoms with Crippen LogP contribution in [0.15, 0.2) is 123 Å². The highest BCUT2D eigenvalue weighted by atomic mass is 33.1. The van der Waals surface area contributed by atoms with Crippen molar-refractivity contribution in [2.45, 2.75) is 48.5 Å². The molecule has 0 atom stereocenters. The van der Waals surface area contributed by atoms with Crippen molar-refractivity contribution in [3.8, 4) is 44.9 Å². The Morgan fingerprint density at radius 2 is 1.08 bits per heavy atom. The van der Waals surface area contributed by atoms with E-state index in [2.05, 4.69) is 39.3 Å². The molecule has 406 valence electrons. The molecule has 0 radical (unpaired) electrons. The van der Waals surface area contributed by atoms with E-state index in [-0.39, 0.29) is 13.2 Å². The molecule has 4 aliphatic rings. The SMILES string of the molecule is CCN=c1ccc2c(-c3ccccc3C(=O)OCCSSCCOC(=O)c3ccccc3-c3c4cc(C(=O)OC)c(=[N+](CC)CC)cc-4oc4cc(N(CC)CC)ccc34)c3cc(C(=O)OC)c(N(CC)CC)cc3oc-2c1. The van der Waals surface area contributed by atoms with Crippen LogP contribution in [0.4, 0.5) is 11.4 Å². The van der Waals surface area contributed by atoms with Crippen molar-refractivity contribution in [2.75, 3.05) is 94.6 Å². The number of rotatable bonds is 22. The number of methoxy groups -OCH3 is 2. The molecule has 14 nitrogen and oxygen atoms in total. The lowest BCUT2D eigenvalue weighted by Gasteiger charge is -2.25. The van der Waals surface area contributed by atoms with Crippen LogP contribution in [0.25, 0.3) is 66.8 Å². The summed E-state index contributed by atoms with van der Waals surface area (Å²) in [7, 11) is 5.75. The molecular weight excluding hydrogens is 1020 g/mol. The third-order valence-corrected chi connectivity index (χ3v) is 16.2. The zero-order chi connectivity index (χ0) is 55.5. The summed E-state index contributed by atoms with van der Waals surface area (Å²) in [6.07, 6.45) is 0. The molecule has 0 unspecified atom stereocenters. The van der Waals surface area contributed by atoms with Gasteiger partial charge in [0, 0.05) is 101 Å². The summed E-state index contributed by atoms with van der Waals surface area (Å²) >= 11 is 0. The molecule has 0 fully saturated rings. The minimum Gasteiger partial charge on any atom is -0.465 e. The van der Waals surface area contributed by atoms with E-state index in [1.807, 2.05) is 113 Å². The Hall–Kier alpha value is -7.56. The zero-order valence-electron chi connectivity index (χ0n) is 45.9. The summed E-state index contributed by atoms with van der Waals surface area (Å²) < 4.78 is 37.8. The smallest absolute Gasteiger partial charge is 0.344 e. The molecule has 4 aromatic carbocycles. The maximum atomic E-state index is 14.1. The highest BCUT2D eigenvalue weighted by Gasteiger charge is 2.29. The Morgan fingerprint density at radius 1 is 0.526 bits per heavy atom. The van der Waals surface area contributed by atoms with E-state index in [0.29, 0.717) is 128 Å². The predicted octanol–water partition coefficient (Wildman–Crippen LogP) is 12.1. The average Bonchev–Trinajstić information content (AvgIpc) is 3.63. The fourth-order valence-corrected chi connectivity index (χ4v) is 11.7. The Labute approximate surface area is 463 Å². The van der Waals surface area contributed by atoms with Crippen LogP contribution >= 0.6 is 21.6 Å². The van der Waals surface area contributed by atoms with Crippen LogP contribution in [0.3, 0.4) is 0 Å². The van der Waals surface area contributed by atoms with E-state index in [9.17, 15) is 19.2 Å². The topological polar surface area (TPSA) is 153 Å². The summed E-state index contributed by atoms with van der Waals surface area (Å²) in [6, 6.07) is 33.8. The molecule has 0 bridgehead atoms. The molecule has 78 heavy (non-hydrogen) atoms. The predicted molar refractivity (Wildman–Crippen MR) is 314 cm³/mol. The van der Waals surface area contributed by atoms with Crippen LogP contribution in [-0.2, 0) is 18.9 Å².